The van der Waals surface area contributed by atoms with Crippen molar-refractivity contribution in [2.45, 2.75) is 6.92 Å². The Morgan fingerprint density at radius 1 is 0.939 bits per heavy atom. The molecule has 0 atom stereocenters. The average Bonchev–Trinajstić information content (AvgIpc) is 3.50. The third-order valence-electron chi connectivity index (χ3n) is 5.13. The number of nitrogens with zero attached hydrogens (tertiary/aromatic N) is 6. The Hall–Kier alpha value is -4.53. The van der Waals surface area contributed by atoms with Gasteiger partial charge >= 0.3 is 0 Å². The molecule has 33 heavy (non-hydrogen) atoms. The third kappa shape index (κ3) is 3.69. The quantitative estimate of drug-likeness (QED) is 0.414. The largest absolute Gasteiger partial charge is 0.491 e. The summed E-state index contributed by atoms with van der Waals surface area (Å²) in [6, 6.07) is 17.6. The van der Waals surface area contributed by atoms with E-state index in [4.69, 9.17) is 4.74 Å². The van der Waals surface area contributed by atoms with Gasteiger partial charge in [-0.3, -0.25) is 4.79 Å². The molecule has 0 aliphatic rings. The van der Waals surface area contributed by atoms with Gasteiger partial charge in [-0.1, -0.05) is 18.2 Å². The fourth-order valence-corrected chi connectivity index (χ4v) is 3.58. The summed E-state index contributed by atoms with van der Waals surface area (Å²) in [6.45, 7) is 1.83. The van der Waals surface area contributed by atoms with Crippen molar-refractivity contribution in [3.05, 3.63) is 101 Å². The average molecular weight is 442 g/mol. The predicted octanol–water partition coefficient (Wildman–Crippen LogP) is 3.73. The van der Waals surface area contributed by atoms with Crippen LogP contribution in [0, 0.1) is 12.7 Å². The Bertz CT molecular complexity index is 1490. The van der Waals surface area contributed by atoms with Crippen molar-refractivity contribution in [2.24, 2.45) is 0 Å². The number of rotatable bonds is 5. The van der Waals surface area contributed by atoms with E-state index in [2.05, 4.69) is 15.3 Å². The van der Waals surface area contributed by atoms with Gasteiger partial charge in [-0.25, -0.2) is 18.4 Å². The fraction of sp³-hybridized carbons (Fsp3) is 0.0833. The van der Waals surface area contributed by atoms with E-state index in [0.29, 0.717) is 17.1 Å². The molecule has 2 aromatic carbocycles. The van der Waals surface area contributed by atoms with Gasteiger partial charge in [0.05, 0.1) is 36.1 Å². The molecular weight excluding hydrogens is 423 g/mol. The summed E-state index contributed by atoms with van der Waals surface area (Å²) in [7, 11) is 1.39. The van der Waals surface area contributed by atoms with Crippen molar-refractivity contribution >= 4 is 0 Å². The molecule has 0 radical (unpaired) electrons. The van der Waals surface area contributed by atoms with Gasteiger partial charge in [0.25, 0.3) is 5.43 Å². The highest BCUT2D eigenvalue weighted by Crippen LogP contribution is 2.24. The molecule has 0 saturated heterocycles. The van der Waals surface area contributed by atoms with Crippen LogP contribution in [0.5, 0.6) is 5.75 Å². The molecule has 0 amide bonds. The first kappa shape index (κ1) is 20.4. The van der Waals surface area contributed by atoms with Crippen LogP contribution in [0.15, 0.2) is 84.0 Å². The van der Waals surface area contributed by atoms with E-state index in [1.54, 1.807) is 46.0 Å². The standard InChI is InChI=1S/C24H19FN6O2/c1-16-13-21(31(27-16)17-7-4-3-5-8-17)23-24(32)22(33-2)15-30(28-23)20-10-9-18(14-19(20)25)29-12-6-11-26-29/h3-15H,1-2H3. The Labute approximate surface area is 188 Å². The molecular formula is C24H19FN6O2. The van der Waals surface area contributed by atoms with Crippen LogP contribution in [-0.2, 0) is 0 Å². The predicted molar refractivity (Wildman–Crippen MR) is 121 cm³/mol. The highest BCUT2D eigenvalue weighted by molar-refractivity contribution is 5.60. The smallest absolute Gasteiger partial charge is 0.251 e. The summed E-state index contributed by atoms with van der Waals surface area (Å²) in [5.74, 6) is -0.492. The molecule has 3 aromatic heterocycles. The van der Waals surface area contributed by atoms with Crippen LogP contribution in [0.25, 0.3) is 28.5 Å². The minimum Gasteiger partial charge on any atom is -0.491 e. The molecule has 164 valence electrons. The molecule has 0 bridgehead atoms. The highest BCUT2D eigenvalue weighted by atomic mass is 19.1. The lowest BCUT2D eigenvalue weighted by Gasteiger charge is -2.13. The van der Waals surface area contributed by atoms with Crippen molar-refractivity contribution in [3.63, 3.8) is 0 Å². The molecule has 0 spiro atoms. The number of benzene rings is 2. The molecule has 0 fully saturated rings. The minimum absolute atomic E-state index is 0.0361. The normalized spacial score (nSPS) is 11.0. The number of aromatic nitrogens is 6. The second kappa shape index (κ2) is 8.19. The van der Waals surface area contributed by atoms with E-state index in [1.165, 1.54) is 24.1 Å². The molecule has 0 aliphatic heterocycles. The van der Waals surface area contributed by atoms with Crippen LogP contribution in [0.2, 0.25) is 0 Å². The first-order chi connectivity index (χ1) is 16.0. The van der Waals surface area contributed by atoms with Gasteiger partial charge in [-0.2, -0.15) is 15.3 Å². The number of halogens is 1. The maximum Gasteiger partial charge on any atom is 0.251 e. The number of hydrogen-bond donors (Lipinski definition) is 0. The number of ether oxygens (including phenoxy) is 1. The zero-order chi connectivity index (χ0) is 22.9. The Morgan fingerprint density at radius 2 is 1.76 bits per heavy atom. The molecule has 0 aliphatic carbocycles. The van der Waals surface area contributed by atoms with E-state index in [9.17, 15) is 4.79 Å². The molecule has 3 heterocycles. The highest BCUT2D eigenvalue weighted by Gasteiger charge is 2.20. The number of aryl methyl sites for hydroxylation is 1. The second-order valence-corrected chi connectivity index (χ2v) is 7.32. The number of methoxy groups -OCH3 is 1. The summed E-state index contributed by atoms with van der Waals surface area (Å²) in [4.78, 5) is 13.1. The molecule has 9 heteroatoms. The Kier molecular flexibility index (Phi) is 5.06. The van der Waals surface area contributed by atoms with Crippen LogP contribution in [0.3, 0.4) is 0 Å². The van der Waals surface area contributed by atoms with Crippen molar-refractivity contribution in [3.8, 4) is 34.2 Å². The number of para-hydroxylation sites is 1. The van der Waals surface area contributed by atoms with Crippen LogP contribution >= 0.6 is 0 Å². The van der Waals surface area contributed by atoms with E-state index in [-0.39, 0.29) is 17.1 Å². The van der Waals surface area contributed by atoms with Gasteiger partial charge in [-0.15, -0.1) is 0 Å². The van der Waals surface area contributed by atoms with Crippen molar-refractivity contribution in [1.29, 1.82) is 0 Å². The molecule has 5 aromatic rings. The van der Waals surface area contributed by atoms with Gasteiger partial charge in [0.15, 0.2) is 17.3 Å². The third-order valence-corrected chi connectivity index (χ3v) is 5.13. The second-order valence-electron chi connectivity index (χ2n) is 7.32. The molecule has 0 unspecified atom stereocenters. The fourth-order valence-electron chi connectivity index (χ4n) is 3.58. The van der Waals surface area contributed by atoms with Crippen molar-refractivity contribution in [2.75, 3.05) is 7.11 Å². The van der Waals surface area contributed by atoms with E-state index in [1.807, 2.05) is 37.3 Å². The van der Waals surface area contributed by atoms with Gasteiger partial charge in [0.1, 0.15) is 5.69 Å². The summed E-state index contributed by atoms with van der Waals surface area (Å²) in [5.41, 5.74) is 2.35. The Morgan fingerprint density at radius 3 is 2.45 bits per heavy atom. The first-order valence-corrected chi connectivity index (χ1v) is 10.2. The lowest BCUT2D eigenvalue weighted by Crippen LogP contribution is -2.18. The van der Waals surface area contributed by atoms with E-state index < -0.39 is 11.2 Å². The zero-order valence-electron chi connectivity index (χ0n) is 17.9. The number of hydrogen-bond acceptors (Lipinski definition) is 5. The van der Waals surface area contributed by atoms with E-state index in [0.717, 1.165) is 5.69 Å². The minimum atomic E-state index is -0.528. The lowest BCUT2D eigenvalue weighted by molar-refractivity contribution is 0.405. The SMILES string of the molecule is COc1cn(-c2ccc(-n3cccn3)cc2F)nc(-c2cc(C)nn2-c2ccccc2)c1=O. The molecule has 8 nitrogen and oxygen atoms in total. The maximum absolute atomic E-state index is 15.1. The topological polar surface area (TPSA) is 79.8 Å². The van der Waals surface area contributed by atoms with Gasteiger partial charge in [0, 0.05) is 18.5 Å². The molecule has 0 saturated carbocycles. The van der Waals surface area contributed by atoms with Crippen LogP contribution < -0.4 is 10.2 Å². The van der Waals surface area contributed by atoms with E-state index >= 15 is 4.39 Å². The van der Waals surface area contributed by atoms with Gasteiger partial charge in [0.2, 0.25) is 0 Å². The maximum atomic E-state index is 15.1. The van der Waals surface area contributed by atoms with Gasteiger partial charge < -0.3 is 4.74 Å². The summed E-state index contributed by atoms with van der Waals surface area (Å²) >= 11 is 0. The first-order valence-electron chi connectivity index (χ1n) is 10.2. The summed E-state index contributed by atoms with van der Waals surface area (Å²) in [6.07, 6.45) is 4.71. The van der Waals surface area contributed by atoms with Crippen molar-refractivity contribution < 1.29 is 9.13 Å². The summed E-state index contributed by atoms with van der Waals surface area (Å²) in [5, 5.41) is 13.1. The van der Waals surface area contributed by atoms with Crippen LogP contribution in [0.1, 0.15) is 5.69 Å². The van der Waals surface area contributed by atoms with Gasteiger partial charge in [-0.05, 0) is 43.3 Å². The monoisotopic (exact) mass is 442 g/mol. The lowest BCUT2D eigenvalue weighted by atomic mass is 10.2. The molecule has 0 N–H and O–H groups in total. The Balaban J connectivity index is 1.68. The van der Waals surface area contributed by atoms with Crippen LogP contribution in [-0.4, -0.2) is 36.5 Å². The summed E-state index contributed by atoms with van der Waals surface area (Å²) < 4.78 is 24.9. The molecule has 5 rings (SSSR count). The van der Waals surface area contributed by atoms with Crippen molar-refractivity contribution in [1.82, 2.24) is 29.3 Å². The zero-order valence-corrected chi connectivity index (χ0v) is 17.9. The van der Waals surface area contributed by atoms with Crippen LogP contribution in [0.4, 0.5) is 4.39 Å².